The first-order valence-corrected chi connectivity index (χ1v) is 9.23. The highest BCUT2D eigenvalue weighted by Crippen LogP contribution is 2.29. The minimum atomic E-state index is -0.0161. The second-order valence-electron chi connectivity index (χ2n) is 7.13. The van der Waals surface area contributed by atoms with E-state index in [1.54, 1.807) is 6.26 Å². The van der Waals surface area contributed by atoms with Crippen LogP contribution in [-0.2, 0) is 11.2 Å². The average Bonchev–Trinajstić information content (AvgIpc) is 3.27. The average molecular weight is 348 g/mol. The van der Waals surface area contributed by atoms with E-state index >= 15 is 0 Å². The van der Waals surface area contributed by atoms with E-state index in [-0.39, 0.29) is 5.91 Å². The van der Waals surface area contributed by atoms with Crippen molar-refractivity contribution in [2.75, 3.05) is 23.3 Å². The van der Waals surface area contributed by atoms with Gasteiger partial charge in [0.2, 0.25) is 5.91 Å². The number of fused-ring (bicyclic) bond motifs is 1. The third-order valence-corrected chi connectivity index (χ3v) is 5.25. The molecule has 2 aromatic carbocycles. The monoisotopic (exact) mass is 348 g/mol. The van der Waals surface area contributed by atoms with Gasteiger partial charge < -0.3 is 14.6 Å². The number of anilines is 2. The first kappa shape index (κ1) is 16.7. The number of carbonyl (C=O) groups excluding carboxylic acids is 1. The maximum Gasteiger partial charge on any atom is 0.228 e. The van der Waals surface area contributed by atoms with E-state index in [1.807, 2.05) is 24.3 Å². The number of nitrogens with one attached hydrogen (secondary N) is 1. The molecule has 134 valence electrons. The van der Waals surface area contributed by atoms with Crippen molar-refractivity contribution in [3.05, 3.63) is 59.4 Å². The number of aryl methyl sites for hydroxylation is 2. The minimum Gasteiger partial charge on any atom is -0.464 e. The lowest BCUT2D eigenvalue weighted by atomic mass is 10.0. The number of hydrogen-bond donors (Lipinski definition) is 1. The van der Waals surface area contributed by atoms with Gasteiger partial charge in [-0.2, -0.15) is 0 Å². The molecular formula is C22H24N2O2. The lowest BCUT2D eigenvalue weighted by molar-refractivity contribution is -0.115. The predicted molar refractivity (Wildman–Crippen MR) is 106 cm³/mol. The van der Waals surface area contributed by atoms with Gasteiger partial charge in [-0.3, -0.25) is 4.79 Å². The van der Waals surface area contributed by atoms with Gasteiger partial charge in [0.05, 0.1) is 24.1 Å². The molecule has 4 rings (SSSR count). The van der Waals surface area contributed by atoms with E-state index in [4.69, 9.17) is 4.42 Å². The van der Waals surface area contributed by atoms with Crippen LogP contribution in [0.15, 0.2) is 47.1 Å². The van der Waals surface area contributed by atoms with Crippen LogP contribution in [0.25, 0.3) is 11.0 Å². The molecule has 1 aliphatic rings. The number of carbonyl (C=O) groups is 1. The number of amides is 1. The Morgan fingerprint density at radius 3 is 2.65 bits per heavy atom. The second kappa shape index (κ2) is 6.87. The summed E-state index contributed by atoms with van der Waals surface area (Å²) in [6, 6.07) is 12.2. The van der Waals surface area contributed by atoms with Crippen molar-refractivity contribution in [2.24, 2.45) is 0 Å². The Hall–Kier alpha value is -2.75. The molecule has 0 spiro atoms. The minimum absolute atomic E-state index is 0.0161. The number of furan rings is 1. The summed E-state index contributed by atoms with van der Waals surface area (Å²) in [6.07, 6.45) is 4.43. The SMILES string of the molecule is Cc1cc2occ(CC(=O)Nc3ccccc3N3CCCC3)c2cc1C. The first-order valence-electron chi connectivity index (χ1n) is 9.23. The molecule has 0 unspecified atom stereocenters. The topological polar surface area (TPSA) is 45.5 Å². The summed E-state index contributed by atoms with van der Waals surface area (Å²) in [7, 11) is 0. The standard InChI is InChI=1S/C22H24N2O2/c1-15-11-18-17(14-26-21(18)12-16(15)2)13-22(25)23-19-7-3-4-8-20(19)24-9-5-6-10-24/h3-4,7-8,11-12,14H,5-6,9-10,13H2,1-2H3,(H,23,25). The lowest BCUT2D eigenvalue weighted by Crippen LogP contribution is -2.21. The fourth-order valence-corrected chi connectivity index (χ4v) is 3.65. The smallest absolute Gasteiger partial charge is 0.228 e. The Morgan fingerprint density at radius 2 is 1.85 bits per heavy atom. The predicted octanol–water partition coefficient (Wildman–Crippen LogP) is 4.83. The zero-order chi connectivity index (χ0) is 18.1. The van der Waals surface area contributed by atoms with Crippen molar-refractivity contribution in [1.82, 2.24) is 0 Å². The summed E-state index contributed by atoms with van der Waals surface area (Å²) >= 11 is 0. The fourth-order valence-electron chi connectivity index (χ4n) is 3.65. The van der Waals surface area contributed by atoms with Crippen LogP contribution < -0.4 is 10.2 Å². The van der Waals surface area contributed by atoms with Crippen molar-refractivity contribution >= 4 is 28.3 Å². The molecule has 0 atom stereocenters. The van der Waals surface area contributed by atoms with Crippen LogP contribution in [0.5, 0.6) is 0 Å². The van der Waals surface area contributed by atoms with Crippen LogP contribution in [-0.4, -0.2) is 19.0 Å². The summed E-state index contributed by atoms with van der Waals surface area (Å²) in [4.78, 5) is 15.0. The Balaban J connectivity index is 1.54. The molecule has 1 saturated heterocycles. The van der Waals surface area contributed by atoms with E-state index in [9.17, 15) is 4.79 Å². The Labute approximate surface area is 153 Å². The number of benzene rings is 2. The number of hydrogen-bond acceptors (Lipinski definition) is 3. The van der Waals surface area contributed by atoms with Crippen molar-refractivity contribution in [3.8, 4) is 0 Å². The molecule has 0 bridgehead atoms. The van der Waals surface area contributed by atoms with Gasteiger partial charge in [-0.15, -0.1) is 0 Å². The quantitative estimate of drug-likeness (QED) is 0.734. The normalized spacial score (nSPS) is 14.2. The third kappa shape index (κ3) is 3.19. The largest absolute Gasteiger partial charge is 0.464 e. The van der Waals surface area contributed by atoms with E-state index < -0.39 is 0 Å². The van der Waals surface area contributed by atoms with Crippen LogP contribution in [0.1, 0.15) is 29.5 Å². The number of para-hydroxylation sites is 2. The molecule has 1 fully saturated rings. The van der Waals surface area contributed by atoms with Gasteiger partial charge >= 0.3 is 0 Å². The lowest BCUT2D eigenvalue weighted by Gasteiger charge is -2.21. The molecule has 4 nitrogen and oxygen atoms in total. The highest BCUT2D eigenvalue weighted by atomic mass is 16.3. The van der Waals surface area contributed by atoms with Crippen LogP contribution in [0, 0.1) is 13.8 Å². The highest BCUT2D eigenvalue weighted by molar-refractivity contribution is 5.98. The summed E-state index contributed by atoms with van der Waals surface area (Å²) in [5.41, 5.74) is 6.18. The van der Waals surface area contributed by atoms with Gasteiger partial charge in [-0.05, 0) is 62.1 Å². The second-order valence-corrected chi connectivity index (χ2v) is 7.13. The maximum atomic E-state index is 12.7. The van der Waals surface area contributed by atoms with Crippen LogP contribution in [0.3, 0.4) is 0 Å². The van der Waals surface area contributed by atoms with E-state index in [0.717, 1.165) is 41.0 Å². The Kier molecular flexibility index (Phi) is 4.41. The van der Waals surface area contributed by atoms with Crippen LogP contribution >= 0.6 is 0 Å². The van der Waals surface area contributed by atoms with Crippen LogP contribution in [0.2, 0.25) is 0 Å². The van der Waals surface area contributed by atoms with Gasteiger partial charge in [0.25, 0.3) is 0 Å². The molecule has 1 amide bonds. The summed E-state index contributed by atoms with van der Waals surface area (Å²) in [5, 5.41) is 4.12. The molecule has 0 saturated carbocycles. The van der Waals surface area contributed by atoms with E-state index in [0.29, 0.717) is 6.42 Å². The van der Waals surface area contributed by atoms with Crippen molar-refractivity contribution in [2.45, 2.75) is 33.1 Å². The molecule has 0 radical (unpaired) electrons. The van der Waals surface area contributed by atoms with E-state index in [2.05, 4.69) is 36.2 Å². The van der Waals surface area contributed by atoms with E-state index in [1.165, 1.54) is 24.0 Å². The molecule has 4 heteroatoms. The summed E-state index contributed by atoms with van der Waals surface area (Å²) in [6.45, 7) is 6.26. The number of rotatable bonds is 4. The number of nitrogens with zero attached hydrogens (tertiary/aromatic N) is 1. The van der Waals surface area contributed by atoms with Crippen molar-refractivity contribution in [3.63, 3.8) is 0 Å². The van der Waals surface area contributed by atoms with Crippen molar-refractivity contribution < 1.29 is 9.21 Å². The molecule has 26 heavy (non-hydrogen) atoms. The zero-order valence-corrected chi connectivity index (χ0v) is 15.3. The molecule has 1 aromatic heterocycles. The molecule has 0 aliphatic carbocycles. The van der Waals surface area contributed by atoms with Gasteiger partial charge in [0.15, 0.2) is 0 Å². The highest BCUT2D eigenvalue weighted by Gasteiger charge is 2.17. The van der Waals surface area contributed by atoms with Crippen LogP contribution in [0.4, 0.5) is 11.4 Å². The molecular weight excluding hydrogens is 324 g/mol. The molecule has 3 aromatic rings. The molecule has 1 aliphatic heterocycles. The van der Waals surface area contributed by atoms with Crippen molar-refractivity contribution in [1.29, 1.82) is 0 Å². The maximum absolute atomic E-state index is 12.7. The Bertz CT molecular complexity index is 952. The summed E-state index contributed by atoms with van der Waals surface area (Å²) < 4.78 is 5.65. The fraction of sp³-hybridized carbons (Fsp3) is 0.318. The molecule has 2 heterocycles. The summed E-state index contributed by atoms with van der Waals surface area (Å²) in [5.74, 6) is -0.0161. The van der Waals surface area contributed by atoms with Gasteiger partial charge in [-0.25, -0.2) is 0 Å². The van der Waals surface area contributed by atoms with Gasteiger partial charge in [-0.1, -0.05) is 12.1 Å². The zero-order valence-electron chi connectivity index (χ0n) is 15.3. The first-order chi connectivity index (χ1) is 12.6. The Morgan fingerprint density at radius 1 is 1.12 bits per heavy atom. The van der Waals surface area contributed by atoms with Gasteiger partial charge in [0.1, 0.15) is 5.58 Å². The molecule has 1 N–H and O–H groups in total. The third-order valence-electron chi connectivity index (χ3n) is 5.25. The van der Waals surface area contributed by atoms with Gasteiger partial charge in [0, 0.05) is 24.0 Å².